The highest BCUT2D eigenvalue weighted by Crippen LogP contribution is 2.33. The lowest BCUT2D eigenvalue weighted by atomic mass is 9.94. The Hall–Kier alpha value is -2.26. The minimum atomic E-state index is -0.318. The maximum absolute atomic E-state index is 12.1. The number of ether oxygens (including phenoxy) is 1. The molecule has 1 aliphatic heterocycles. The van der Waals surface area contributed by atoms with Crippen molar-refractivity contribution in [3.8, 4) is 0 Å². The van der Waals surface area contributed by atoms with Crippen LogP contribution in [0.4, 0.5) is 5.69 Å². The molecule has 0 spiro atoms. The molecule has 0 fully saturated rings. The summed E-state index contributed by atoms with van der Waals surface area (Å²) in [6.07, 6.45) is 0.549. The summed E-state index contributed by atoms with van der Waals surface area (Å²) >= 11 is 5.93. The Kier molecular flexibility index (Phi) is 3.67. The van der Waals surface area contributed by atoms with Crippen LogP contribution in [0.15, 0.2) is 54.1 Å². The number of esters is 1. The molecule has 0 bridgehead atoms. The van der Waals surface area contributed by atoms with Gasteiger partial charge >= 0.3 is 5.97 Å². The van der Waals surface area contributed by atoms with Crippen LogP contribution < -0.4 is 5.32 Å². The molecule has 0 radical (unpaired) electrons. The summed E-state index contributed by atoms with van der Waals surface area (Å²) in [6.45, 7) is 0. The van der Waals surface area contributed by atoms with E-state index in [0.717, 1.165) is 22.5 Å². The number of hydrogen-bond donors (Lipinski definition) is 1. The van der Waals surface area contributed by atoms with Gasteiger partial charge in [-0.3, -0.25) is 0 Å². The van der Waals surface area contributed by atoms with E-state index in [2.05, 4.69) is 5.32 Å². The van der Waals surface area contributed by atoms with Gasteiger partial charge in [0.05, 0.1) is 18.4 Å². The van der Waals surface area contributed by atoms with Gasteiger partial charge in [0, 0.05) is 17.1 Å². The van der Waals surface area contributed by atoms with Crippen molar-refractivity contribution < 1.29 is 9.53 Å². The number of fused-ring (bicyclic) bond motifs is 1. The highest BCUT2D eigenvalue weighted by Gasteiger charge is 2.24. The predicted molar refractivity (Wildman–Crippen MR) is 84.2 cm³/mol. The Labute approximate surface area is 128 Å². The molecule has 2 aromatic carbocycles. The second kappa shape index (κ2) is 5.62. The Morgan fingerprint density at radius 1 is 1.14 bits per heavy atom. The van der Waals surface area contributed by atoms with Crippen LogP contribution in [0.3, 0.4) is 0 Å². The van der Waals surface area contributed by atoms with Crippen molar-refractivity contribution in [3.05, 3.63) is 70.3 Å². The maximum Gasteiger partial charge on any atom is 0.336 e. The second-order valence-electron chi connectivity index (χ2n) is 4.81. The first kappa shape index (κ1) is 13.7. The largest absolute Gasteiger partial charge is 0.466 e. The van der Waals surface area contributed by atoms with Gasteiger partial charge in [0.1, 0.15) is 0 Å². The number of carbonyl (C=O) groups is 1. The number of anilines is 1. The molecule has 4 heteroatoms. The summed E-state index contributed by atoms with van der Waals surface area (Å²) in [5, 5.41) is 4.00. The predicted octanol–water partition coefficient (Wildman–Crippen LogP) is 3.89. The molecule has 3 nitrogen and oxygen atoms in total. The second-order valence-corrected chi connectivity index (χ2v) is 5.25. The van der Waals surface area contributed by atoms with E-state index >= 15 is 0 Å². The molecule has 2 aromatic rings. The Balaban J connectivity index is 2.10. The minimum Gasteiger partial charge on any atom is -0.466 e. The first-order valence-corrected chi connectivity index (χ1v) is 6.99. The molecule has 1 heterocycles. The molecule has 0 saturated heterocycles. The topological polar surface area (TPSA) is 38.3 Å². The van der Waals surface area contributed by atoms with E-state index in [1.807, 2.05) is 36.4 Å². The lowest BCUT2D eigenvalue weighted by molar-refractivity contribution is -0.136. The van der Waals surface area contributed by atoms with E-state index in [1.165, 1.54) is 7.11 Å². The smallest absolute Gasteiger partial charge is 0.336 e. The monoisotopic (exact) mass is 299 g/mol. The van der Waals surface area contributed by atoms with Gasteiger partial charge in [-0.25, -0.2) is 4.79 Å². The Bertz CT molecular complexity index is 720. The molecule has 21 heavy (non-hydrogen) atoms. The first-order chi connectivity index (χ1) is 10.2. The summed E-state index contributed by atoms with van der Waals surface area (Å²) in [4.78, 5) is 12.1. The van der Waals surface area contributed by atoms with Gasteiger partial charge in [-0.2, -0.15) is 0 Å². The molecule has 0 aliphatic carbocycles. The molecule has 0 unspecified atom stereocenters. The van der Waals surface area contributed by atoms with Crippen LogP contribution in [0.1, 0.15) is 11.1 Å². The van der Waals surface area contributed by atoms with E-state index < -0.39 is 0 Å². The molecule has 0 saturated carbocycles. The molecule has 0 atom stereocenters. The summed E-state index contributed by atoms with van der Waals surface area (Å²) in [5.41, 5.74) is 4.40. The van der Waals surface area contributed by atoms with E-state index in [-0.39, 0.29) is 5.97 Å². The van der Waals surface area contributed by atoms with Crippen molar-refractivity contribution in [1.29, 1.82) is 0 Å². The van der Waals surface area contributed by atoms with E-state index in [1.54, 1.807) is 12.1 Å². The molecule has 106 valence electrons. The van der Waals surface area contributed by atoms with Gasteiger partial charge in [0.15, 0.2) is 0 Å². The normalized spacial score (nSPS) is 13.4. The lowest BCUT2D eigenvalue weighted by Crippen LogP contribution is -2.19. The highest BCUT2D eigenvalue weighted by atomic mass is 35.5. The Morgan fingerprint density at radius 3 is 2.57 bits per heavy atom. The molecule has 1 N–H and O–H groups in total. The minimum absolute atomic E-state index is 0.318. The van der Waals surface area contributed by atoms with Crippen LogP contribution in [0.2, 0.25) is 5.02 Å². The molecule has 0 aromatic heterocycles. The molecular weight excluding hydrogens is 286 g/mol. The third kappa shape index (κ3) is 2.65. The van der Waals surface area contributed by atoms with Crippen LogP contribution in [0.5, 0.6) is 0 Å². The number of carbonyl (C=O) groups excluding carboxylic acids is 1. The van der Waals surface area contributed by atoms with Crippen LogP contribution in [0, 0.1) is 0 Å². The zero-order valence-corrected chi connectivity index (χ0v) is 12.3. The van der Waals surface area contributed by atoms with Gasteiger partial charge in [-0.05, 0) is 29.3 Å². The fourth-order valence-corrected chi connectivity index (χ4v) is 2.57. The van der Waals surface area contributed by atoms with Gasteiger partial charge < -0.3 is 10.1 Å². The quantitative estimate of drug-likeness (QED) is 0.855. The molecular formula is C17H14ClNO2. The number of benzene rings is 2. The lowest BCUT2D eigenvalue weighted by Gasteiger charge is -2.24. The zero-order chi connectivity index (χ0) is 14.8. The molecule has 3 rings (SSSR count). The van der Waals surface area contributed by atoms with Crippen LogP contribution in [-0.2, 0) is 16.0 Å². The number of nitrogens with one attached hydrogen (secondary N) is 1. The summed E-state index contributed by atoms with van der Waals surface area (Å²) < 4.78 is 4.92. The third-order valence-electron chi connectivity index (χ3n) is 3.51. The number of hydrogen-bond acceptors (Lipinski definition) is 3. The van der Waals surface area contributed by atoms with Crippen LogP contribution in [0.25, 0.3) is 5.70 Å². The fourth-order valence-electron chi connectivity index (χ4n) is 2.45. The first-order valence-electron chi connectivity index (χ1n) is 6.61. The van der Waals surface area contributed by atoms with E-state index in [9.17, 15) is 4.79 Å². The van der Waals surface area contributed by atoms with E-state index in [4.69, 9.17) is 16.3 Å². The van der Waals surface area contributed by atoms with Crippen molar-refractivity contribution in [2.45, 2.75) is 6.42 Å². The van der Waals surface area contributed by atoms with Crippen molar-refractivity contribution in [1.82, 2.24) is 0 Å². The van der Waals surface area contributed by atoms with Crippen LogP contribution in [-0.4, -0.2) is 13.1 Å². The number of rotatable bonds is 2. The maximum atomic E-state index is 12.1. The van der Waals surface area contributed by atoms with Crippen molar-refractivity contribution in [2.24, 2.45) is 0 Å². The van der Waals surface area contributed by atoms with Gasteiger partial charge in [-0.1, -0.05) is 41.9 Å². The van der Waals surface area contributed by atoms with Crippen molar-refractivity contribution >= 4 is 29.0 Å². The van der Waals surface area contributed by atoms with Crippen LogP contribution >= 0.6 is 11.6 Å². The van der Waals surface area contributed by atoms with E-state index in [0.29, 0.717) is 17.0 Å². The number of halogens is 1. The SMILES string of the molecule is COC(=O)C1=C(c2ccc(Cl)cc2)Nc2ccccc2C1. The summed E-state index contributed by atoms with van der Waals surface area (Å²) in [6, 6.07) is 15.3. The zero-order valence-electron chi connectivity index (χ0n) is 11.5. The number of para-hydroxylation sites is 1. The summed E-state index contributed by atoms with van der Waals surface area (Å²) in [7, 11) is 1.40. The average molecular weight is 300 g/mol. The van der Waals surface area contributed by atoms with Crippen molar-refractivity contribution in [3.63, 3.8) is 0 Å². The Morgan fingerprint density at radius 2 is 1.86 bits per heavy atom. The van der Waals surface area contributed by atoms with Gasteiger partial charge in [0.25, 0.3) is 0 Å². The highest BCUT2D eigenvalue weighted by molar-refractivity contribution is 6.30. The number of methoxy groups -OCH3 is 1. The molecule has 1 aliphatic rings. The fraction of sp³-hybridized carbons (Fsp3) is 0.118. The standard InChI is InChI=1S/C17H14ClNO2/c1-21-17(20)14-10-12-4-2-3-5-15(12)19-16(14)11-6-8-13(18)9-7-11/h2-9,19H,10H2,1H3. The van der Waals surface area contributed by atoms with Crippen molar-refractivity contribution in [2.75, 3.05) is 12.4 Å². The summed E-state index contributed by atoms with van der Waals surface area (Å²) in [5.74, 6) is -0.318. The molecule has 0 amide bonds. The average Bonchev–Trinajstić information content (AvgIpc) is 2.53. The third-order valence-corrected chi connectivity index (χ3v) is 3.76. The van der Waals surface area contributed by atoms with Gasteiger partial charge in [-0.15, -0.1) is 0 Å². The van der Waals surface area contributed by atoms with Gasteiger partial charge in [0.2, 0.25) is 0 Å².